The Labute approximate surface area is 145 Å². The Kier molecular flexibility index (Phi) is 3.65. The summed E-state index contributed by atoms with van der Waals surface area (Å²) in [6.45, 7) is 6.01. The summed E-state index contributed by atoms with van der Waals surface area (Å²) in [7, 11) is 0. The zero-order valence-corrected chi connectivity index (χ0v) is 14.3. The summed E-state index contributed by atoms with van der Waals surface area (Å²) >= 11 is 0. The van der Waals surface area contributed by atoms with Gasteiger partial charge in [-0.3, -0.25) is 5.10 Å². The fraction of sp³-hybridized carbons (Fsp3) is 0.158. The zero-order valence-electron chi connectivity index (χ0n) is 14.3. The van der Waals surface area contributed by atoms with Crippen molar-refractivity contribution in [1.82, 2.24) is 25.1 Å². The predicted molar refractivity (Wildman–Crippen MR) is 98.9 cm³/mol. The molecule has 2 aromatic heterocycles. The van der Waals surface area contributed by atoms with Crippen LogP contribution in [0.2, 0.25) is 0 Å². The van der Waals surface area contributed by atoms with Crippen molar-refractivity contribution < 1.29 is 0 Å². The number of aromatic amines is 1. The maximum absolute atomic E-state index is 4.78. The number of H-pyrrole nitrogens is 1. The lowest BCUT2D eigenvalue weighted by Crippen LogP contribution is -2.02. The molecule has 0 unspecified atom stereocenters. The van der Waals surface area contributed by atoms with Gasteiger partial charge in [0.15, 0.2) is 5.82 Å². The Morgan fingerprint density at radius 3 is 2.32 bits per heavy atom. The summed E-state index contributed by atoms with van der Waals surface area (Å²) < 4.78 is 0. The molecule has 0 spiro atoms. The first-order valence-electron chi connectivity index (χ1n) is 8.11. The van der Waals surface area contributed by atoms with Crippen molar-refractivity contribution in [3.8, 4) is 11.4 Å². The smallest absolute Gasteiger partial charge is 0.247 e. The topological polar surface area (TPSA) is 79.4 Å². The minimum absolute atomic E-state index is 0.494. The molecule has 4 rings (SSSR count). The Balaban J connectivity index is 1.92. The first-order valence-corrected chi connectivity index (χ1v) is 8.11. The number of nitrogens with zero attached hydrogens (tertiary/aromatic N) is 4. The molecular weight excluding hydrogens is 312 g/mol. The average Bonchev–Trinajstić information content (AvgIpc) is 3.00. The molecule has 2 N–H and O–H groups in total. The van der Waals surface area contributed by atoms with Crippen LogP contribution in [-0.4, -0.2) is 25.1 Å². The van der Waals surface area contributed by atoms with Gasteiger partial charge in [0.25, 0.3) is 0 Å². The van der Waals surface area contributed by atoms with Crippen LogP contribution in [0.25, 0.3) is 22.3 Å². The second-order valence-electron chi connectivity index (χ2n) is 6.05. The number of aromatic nitrogens is 5. The number of hydrogen-bond donors (Lipinski definition) is 2. The molecule has 0 amide bonds. The maximum atomic E-state index is 4.78. The number of benzene rings is 2. The predicted octanol–water partition coefficient (Wildman–Crippen LogP) is 4.08. The summed E-state index contributed by atoms with van der Waals surface area (Å²) in [5.74, 6) is 2.64. The van der Waals surface area contributed by atoms with Gasteiger partial charge in [-0.1, -0.05) is 30.3 Å². The molecule has 4 aromatic rings. The van der Waals surface area contributed by atoms with Gasteiger partial charge in [0.05, 0.1) is 5.52 Å². The standard InChI is InChI=1S/C19H18N6/c1-11-7-6-8-12(2)16(11)18-21-15-10-5-4-9-14(15)17(22-18)23-19-20-13(3)24-25-19/h4-10H,1-3H3,(H2,20,21,22,23,24,25). The summed E-state index contributed by atoms with van der Waals surface area (Å²) in [5.41, 5.74) is 4.23. The Hall–Kier alpha value is -3.28. The van der Waals surface area contributed by atoms with Gasteiger partial charge < -0.3 is 5.32 Å². The van der Waals surface area contributed by atoms with Gasteiger partial charge in [-0.05, 0) is 44.0 Å². The molecule has 2 heterocycles. The van der Waals surface area contributed by atoms with Gasteiger partial charge in [-0.2, -0.15) is 4.98 Å². The quantitative estimate of drug-likeness (QED) is 0.591. The molecule has 0 atom stereocenters. The Morgan fingerprint density at radius 2 is 1.60 bits per heavy atom. The van der Waals surface area contributed by atoms with E-state index in [1.54, 1.807) is 0 Å². The number of aryl methyl sites for hydroxylation is 3. The molecule has 0 radical (unpaired) electrons. The van der Waals surface area contributed by atoms with Gasteiger partial charge >= 0.3 is 0 Å². The average molecular weight is 330 g/mol. The minimum Gasteiger partial charge on any atom is -0.307 e. The normalized spacial score (nSPS) is 11.0. The van der Waals surface area contributed by atoms with Crippen molar-refractivity contribution in [1.29, 1.82) is 0 Å². The minimum atomic E-state index is 0.494. The van der Waals surface area contributed by atoms with Crippen molar-refractivity contribution in [2.75, 3.05) is 5.32 Å². The van der Waals surface area contributed by atoms with Gasteiger partial charge in [-0.25, -0.2) is 9.97 Å². The molecule has 0 fully saturated rings. The van der Waals surface area contributed by atoms with Gasteiger partial charge in [0, 0.05) is 10.9 Å². The fourth-order valence-corrected chi connectivity index (χ4v) is 2.96. The first-order chi connectivity index (χ1) is 12.1. The van der Waals surface area contributed by atoms with Gasteiger partial charge in [0.1, 0.15) is 11.6 Å². The second-order valence-corrected chi connectivity index (χ2v) is 6.05. The van der Waals surface area contributed by atoms with E-state index in [1.807, 2.05) is 37.3 Å². The molecule has 0 aliphatic heterocycles. The molecule has 0 aliphatic carbocycles. The lowest BCUT2D eigenvalue weighted by molar-refractivity contribution is 1.04. The highest BCUT2D eigenvalue weighted by Crippen LogP contribution is 2.29. The molecule has 0 saturated heterocycles. The number of anilines is 2. The van der Waals surface area contributed by atoms with Crippen molar-refractivity contribution in [2.45, 2.75) is 20.8 Å². The van der Waals surface area contributed by atoms with Gasteiger partial charge in [-0.15, -0.1) is 5.10 Å². The van der Waals surface area contributed by atoms with E-state index < -0.39 is 0 Å². The molecule has 0 bridgehead atoms. The highest BCUT2D eigenvalue weighted by atomic mass is 15.3. The summed E-state index contributed by atoms with van der Waals surface area (Å²) in [6, 6.07) is 14.1. The van der Waals surface area contributed by atoms with E-state index in [4.69, 9.17) is 9.97 Å². The third-order valence-electron chi connectivity index (χ3n) is 4.14. The van der Waals surface area contributed by atoms with Crippen LogP contribution in [0.3, 0.4) is 0 Å². The van der Waals surface area contributed by atoms with E-state index >= 15 is 0 Å². The molecule has 0 aliphatic rings. The number of fused-ring (bicyclic) bond motifs is 1. The SMILES string of the molecule is Cc1nc(Nc2nc(-c3c(C)cccc3C)nc3ccccc23)n[nH]1. The Morgan fingerprint density at radius 1 is 0.840 bits per heavy atom. The lowest BCUT2D eigenvalue weighted by atomic mass is 10.0. The number of nitrogens with one attached hydrogen (secondary N) is 2. The van der Waals surface area contributed by atoms with Crippen LogP contribution in [0.15, 0.2) is 42.5 Å². The van der Waals surface area contributed by atoms with Crippen LogP contribution in [0.1, 0.15) is 17.0 Å². The summed E-state index contributed by atoms with van der Waals surface area (Å²) in [4.78, 5) is 13.9. The van der Waals surface area contributed by atoms with Crippen molar-refractivity contribution in [3.63, 3.8) is 0 Å². The third kappa shape index (κ3) is 2.82. The largest absolute Gasteiger partial charge is 0.307 e. The molecule has 6 nitrogen and oxygen atoms in total. The summed E-state index contributed by atoms with van der Waals surface area (Å²) in [6.07, 6.45) is 0. The van der Waals surface area contributed by atoms with E-state index in [9.17, 15) is 0 Å². The highest BCUT2D eigenvalue weighted by molar-refractivity contribution is 5.92. The molecule has 6 heteroatoms. The van der Waals surface area contributed by atoms with E-state index in [2.05, 4.69) is 46.5 Å². The van der Waals surface area contributed by atoms with E-state index in [1.165, 1.54) is 0 Å². The third-order valence-corrected chi connectivity index (χ3v) is 4.14. The van der Waals surface area contributed by atoms with Crippen LogP contribution >= 0.6 is 0 Å². The van der Waals surface area contributed by atoms with Crippen molar-refractivity contribution in [2.24, 2.45) is 0 Å². The monoisotopic (exact) mass is 330 g/mol. The van der Waals surface area contributed by atoms with Crippen LogP contribution < -0.4 is 5.32 Å². The van der Waals surface area contributed by atoms with Crippen LogP contribution in [0, 0.1) is 20.8 Å². The first kappa shape index (κ1) is 15.3. The van der Waals surface area contributed by atoms with Crippen molar-refractivity contribution in [3.05, 3.63) is 59.4 Å². The highest BCUT2D eigenvalue weighted by Gasteiger charge is 2.14. The number of rotatable bonds is 3. The summed E-state index contributed by atoms with van der Waals surface area (Å²) in [5, 5.41) is 11.1. The molecular formula is C19H18N6. The maximum Gasteiger partial charge on any atom is 0.247 e. The van der Waals surface area contributed by atoms with E-state index in [0.717, 1.165) is 33.4 Å². The number of hydrogen-bond acceptors (Lipinski definition) is 5. The van der Waals surface area contributed by atoms with Crippen LogP contribution in [-0.2, 0) is 0 Å². The fourth-order valence-electron chi connectivity index (χ4n) is 2.96. The van der Waals surface area contributed by atoms with Crippen molar-refractivity contribution >= 4 is 22.7 Å². The van der Waals surface area contributed by atoms with Gasteiger partial charge in [0.2, 0.25) is 5.95 Å². The van der Waals surface area contributed by atoms with E-state index in [-0.39, 0.29) is 0 Å². The van der Waals surface area contributed by atoms with Crippen LogP contribution in [0.5, 0.6) is 0 Å². The number of para-hydroxylation sites is 1. The Bertz CT molecular complexity index is 1050. The molecule has 2 aromatic carbocycles. The molecule has 124 valence electrons. The second kappa shape index (κ2) is 5.98. The zero-order chi connectivity index (χ0) is 17.4. The van der Waals surface area contributed by atoms with E-state index in [0.29, 0.717) is 17.6 Å². The van der Waals surface area contributed by atoms with Crippen LogP contribution in [0.4, 0.5) is 11.8 Å². The molecule has 0 saturated carbocycles. The lowest BCUT2D eigenvalue weighted by Gasteiger charge is -2.12. The molecule has 25 heavy (non-hydrogen) atoms.